The molecule has 1 aromatic carbocycles. The van der Waals surface area contributed by atoms with Gasteiger partial charge in [-0.1, -0.05) is 23.7 Å². The van der Waals surface area contributed by atoms with Crippen molar-refractivity contribution in [2.75, 3.05) is 25.2 Å². The summed E-state index contributed by atoms with van der Waals surface area (Å²) in [4.78, 5) is 11.7. The lowest BCUT2D eigenvalue weighted by molar-refractivity contribution is 0.102. The van der Waals surface area contributed by atoms with Crippen LogP contribution in [0.3, 0.4) is 0 Å². The zero-order chi connectivity index (χ0) is 12.9. The van der Waals surface area contributed by atoms with E-state index >= 15 is 0 Å². The van der Waals surface area contributed by atoms with Gasteiger partial charge in [0.15, 0.2) is 15.6 Å². The highest BCUT2D eigenvalue weighted by molar-refractivity contribution is 7.92. The second-order valence-electron chi connectivity index (χ2n) is 3.52. The molecule has 0 N–H and O–H groups in total. The zero-order valence-electron chi connectivity index (χ0n) is 9.35. The molecule has 0 fully saturated rings. The van der Waals surface area contributed by atoms with Gasteiger partial charge in [-0.2, -0.15) is 0 Å². The predicted octanol–water partition coefficient (Wildman–Crippen LogP) is 1.58. The standard InChI is InChI=1S/C11H13ClO4S/c1-16-5-6-17(14,15)8-11(13)9-3-2-4-10(12)7-9/h2-4,7H,5-6,8H2,1H3. The van der Waals surface area contributed by atoms with Crippen LogP contribution in [0, 0.1) is 0 Å². The summed E-state index contributed by atoms with van der Waals surface area (Å²) in [6, 6.07) is 6.23. The molecular formula is C11H13ClO4S. The monoisotopic (exact) mass is 276 g/mol. The fraction of sp³-hybridized carbons (Fsp3) is 0.364. The molecule has 0 aromatic heterocycles. The van der Waals surface area contributed by atoms with E-state index < -0.39 is 21.4 Å². The number of benzene rings is 1. The van der Waals surface area contributed by atoms with Crippen LogP contribution in [-0.4, -0.2) is 39.4 Å². The summed E-state index contributed by atoms with van der Waals surface area (Å²) >= 11 is 5.72. The minimum absolute atomic E-state index is 0.0885. The Morgan fingerprint density at radius 1 is 1.41 bits per heavy atom. The number of halogens is 1. The summed E-state index contributed by atoms with van der Waals surface area (Å²) in [6.07, 6.45) is 0. The van der Waals surface area contributed by atoms with Gasteiger partial charge in [-0.05, 0) is 12.1 Å². The number of hydrogen-bond donors (Lipinski definition) is 0. The van der Waals surface area contributed by atoms with Crippen molar-refractivity contribution >= 4 is 27.2 Å². The van der Waals surface area contributed by atoms with Crippen molar-refractivity contribution in [1.82, 2.24) is 0 Å². The van der Waals surface area contributed by atoms with Gasteiger partial charge in [-0.15, -0.1) is 0 Å². The smallest absolute Gasteiger partial charge is 0.177 e. The van der Waals surface area contributed by atoms with E-state index in [0.717, 1.165) is 0 Å². The van der Waals surface area contributed by atoms with Crippen molar-refractivity contribution in [3.8, 4) is 0 Å². The normalized spacial score (nSPS) is 11.4. The molecule has 0 heterocycles. The third-order valence-electron chi connectivity index (χ3n) is 2.10. The van der Waals surface area contributed by atoms with Gasteiger partial charge >= 0.3 is 0 Å². The van der Waals surface area contributed by atoms with Crippen LogP contribution in [0.25, 0.3) is 0 Å². The van der Waals surface area contributed by atoms with Gasteiger partial charge in [-0.3, -0.25) is 4.79 Å². The maximum Gasteiger partial charge on any atom is 0.177 e. The van der Waals surface area contributed by atoms with Crippen molar-refractivity contribution in [2.24, 2.45) is 0 Å². The molecule has 0 spiro atoms. The molecule has 0 saturated carbocycles. The summed E-state index contributed by atoms with van der Waals surface area (Å²) in [5.41, 5.74) is 0.304. The Morgan fingerprint density at radius 2 is 2.12 bits per heavy atom. The maximum atomic E-state index is 11.7. The van der Waals surface area contributed by atoms with E-state index in [1.165, 1.54) is 13.2 Å². The third-order valence-corrected chi connectivity index (χ3v) is 3.82. The molecule has 0 aliphatic carbocycles. The van der Waals surface area contributed by atoms with Crippen LogP contribution in [0.4, 0.5) is 0 Å². The third kappa shape index (κ3) is 4.85. The first-order valence-electron chi connectivity index (χ1n) is 4.93. The Morgan fingerprint density at radius 3 is 2.71 bits per heavy atom. The van der Waals surface area contributed by atoms with E-state index in [4.69, 9.17) is 11.6 Å². The molecule has 0 bridgehead atoms. The van der Waals surface area contributed by atoms with Gasteiger partial charge in [0, 0.05) is 17.7 Å². The highest BCUT2D eigenvalue weighted by Crippen LogP contribution is 2.12. The second-order valence-corrected chi connectivity index (χ2v) is 6.14. The van der Waals surface area contributed by atoms with E-state index in [9.17, 15) is 13.2 Å². The van der Waals surface area contributed by atoms with Crippen molar-refractivity contribution in [1.29, 1.82) is 0 Å². The van der Waals surface area contributed by atoms with Gasteiger partial charge in [-0.25, -0.2) is 8.42 Å². The largest absolute Gasteiger partial charge is 0.384 e. The number of sulfone groups is 1. The van der Waals surface area contributed by atoms with Crippen LogP contribution in [-0.2, 0) is 14.6 Å². The van der Waals surface area contributed by atoms with Crippen LogP contribution in [0.2, 0.25) is 5.02 Å². The Labute approximate surface area is 105 Å². The van der Waals surface area contributed by atoms with Crippen molar-refractivity contribution in [3.05, 3.63) is 34.9 Å². The highest BCUT2D eigenvalue weighted by atomic mass is 35.5. The molecule has 1 rings (SSSR count). The summed E-state index contributed by atoms with van der Waals surface area (Å²) in [6.45, 7) is 0.0885. The lowest BCUT2D eigenvalue weighted by atomic mass is 10.1. The molecule has 94 valence electrons. The van der Waals surface area contributed by atoms with Crippen molar-refractivity contribution < 1.29 is 17.9 Å². The molecule has 0 unspecified atom stereocenters. The molecule has 4 nitrogen and oxygen atoms in total. The van der Waals surface area contributed by atoms with Crippen LogP contribution in [0.5, 0.6) is 0 Å². The maximum absolute atomic E-state index is 11.7. The van der Waals surface area contributed by atoms with Crippen molar-refractivity contribution in [3.63, 3.8) is 0 Å². The first kappa shape index (κ1) is 14.2. The van der Waals surface area contributed by atoms with E-state index in [0.29, 0.717) is 10.6 Å². The number of rotatable bonds is 6. The molecule has 0 aliphatic heterocycles. The minimum Gasteiger partial charge on any atom is -0.384 e. The first-order valence-corrected chi connectivity index (χ1v) is 7.12. The lowest BCUT2D eigenvalue weighted by Crippen LogP contribution is -2.21. The predicted molar refractivity (Wildman–Crippen MR) is 66.3 cm³/mol. The van der Waals surface area contributed by atoms with E-state index in [1.54, 1.807) is 18.2 Å². The van der Waals surface area contributed by atoms with Gasteiger partial charge in [0.1, 0.15) is 5.75 Å². The fourth-order valence-electron chi connectivity index (χ4n) is 1.23. The SMILES string of the molecule is COCCS(=O)(=O)CC(=O)c1cccc(Cl)c1. The average molecular weight is 277 g/mol. The number of carbonyl (C=O) groups is 1. The minimum atomic E-state index is -3.42. The van der Waals surface area contributed by atoms with Crippen LogP contribution < -0.4 is 0 Å². The summed E-state index contributed by atoms with van der Waals surface area (Å²) in [5, 5.41) is 0.408. The van der Waals surface area contributed by atoms with E-state index in [2.05, 4.69) is 4.74 Å². The van der Waals surface area contributed by atoms with Gasteiger partial charge in [0.05, 0.1) is 12.4 Å². The molecular weight excluding hydrogens is 264 g/mol. The quantitative estimate of drug-likeness (QED) is 0.740. The Hall–Kier alpha value is -0.910. The molecule has 0 aliphatic rings. The van der Waals surface area contributed by atoms with Crippen LogP contribution >= 0.6 is 11.6 Å². The molecule has 0 amide bonds. The molecule has 0 atom stereocenters. The van der Waals surface area contributed by atoms with Gasteiger partial charge in [0.2, 0.25) is 0 Å². The number of ether oxygens (including phenoxy) is 1. The van der Waals surface area contributed by atoms with Crippen molar-refractivity contribution in [2.45, 2.75) is 0 Å². The zero-order valence-corrected chi connectivity index (χ0v) is 10.9. The Kier molecular flexibility index (Phi) is 5.11. The number of methoxy groups -OCH3 is 1. The van der Waals surface area contributed by atoms with E-state index in [-0.39, 0.29) is 12.4 Å². The first-order chi connectivity index (χ1) is 7.94. The molecule has 6 heteroatoms. The number of ketones is 1. The highest BCUT2D eigenvalue weighted by Gasteiger charge is 2.17. The van der Waals surface area contributed by atoms with Gasteiger partial charge in [0.25, 0.3) is 0 Å². The molecule has 17 heavy (non-hydrogen) atoms. The Balaban J connectivity index is 2.73. The fourth-order valence-corrected chi connectivity index (χ4v) is 2.55. The Bertz CT molecular complexity index is 496. The average Bonchev–Trinajstić information content (AvgIpc) is 2.26. The van der Waals surface area contributed by atoms with Gasteiger partial charge < -0.3 is 4.74 Å². The molecule has 0 saturated heterocycles. The summed E-state index contributed by atoms with van der Waals surface area (Å²) in [5.74, 6) is -1.13. The summed E-state index contributed by atoms with van der Waals surface area (Å²) in [7, 11) is -2.01. The summed E-state index contributed by atoms with van der Waals surface area (Å²) < 4.78 is 27.7. The second kappa shape index (κ2) is 6.14. The van der Waals surface area contributed by atoms with E-state index in [1.807, 2.05) is 0 Å². The lowest BCUT2D eigenvalue weighted by Gasteiger charge is -2.03. The topological polar surface area (TPSA) is 60.4 Å². The molecule has 0 radical (unpaired) electrons. The number of carbonyl (C=O) groups excluding carboxylic acids is 1. The number of Topliss-reactive ketones (excluding diaryl/α,β-unsaturated/α-hetero) is 1. The van der Waals surface area contributed by atoms with Crippen LogP contribution in [0.1, 0.15) is 10.4 Å². The van der Waals surface area contributed by atoms with Crippen LogP contribution in [0.15, 0.2) is 24.3 Å². The number of hydrogen-bond acceptors (Lipinski definition) is 4. The molecule has 1 aromatic rings.